The van der Waals surface area contributed by atoms with Crippen molar-refractivity contribution in [1.82, 2.24) is 0 Å². The van der Waals surface area contributed by atoms with Crippen LogP contribution < -0.4 is 5.32 Å². The number of phenolic OH excluding ortho intramolecular Hbond substituents is 1. The molecule has 2 N–H and O–H groups in total. The van der Waals surface area contributed by atoms with Gasteiger partial charge in [-0.3, -0.25) is 0 Å². The molecule has 0 aliphatic carbocycles. The van der Waals surface area contributed by atoms with E-state index in [9.17, 15) is 9.90 Å². The Morgan fingerprint density at radius 1 is 1.24 bits per heavy atom. The molecule has 0 fully saturated rings. The van der Waals surface area contributed by atoms with E-state index in [0.29, 0.717) is 12.2 Å². The average Bonchev–Trinajstić information content (AvgIpc) is 2.48. The summed E-state index contributed by atoms with van der Waals surface area (Å²) < 4.78 is 4.99. The van der Waals surface area contributed by atoms with Crippen LogP contribution >= 0.6 is 0 Å². The quantitative estimate of drug-likeness (QED) is 0.822. The zero-order chi connectivity index (χ0) is 15.2. The molecule has 1 unspecified atom stereocenters. The van der Waals surface area contributed by atoms with Crippen LogP contribution in [-0.2, 0) is 4.74 Å². The minimum atomic E-state index is -0.321. The number of hydrogen-bond donors (Lipinski definition) is 2. The summed E-state index contributed by atoms with van der Waals surface area (Å²) in [5, 5.41) is 12.6. The standard InChI is InChI=1S/C17H19NO3/c1-3-21-17(20)14-5-4-6-15(11-14)18-12(2)13-7-9-16(19)10-8-13/h4-12,18-19H,3H2,1-2H3. The number of rotatable bonds is 5. The molecular weight excluding hydrogens is 266 g/mol. The predicted molar refractivity (Wildman–Crippen MR) is 82.5 cm³/mol. The van der Waals surface area contributed by atoms with Crippen LogP contribution in [0.4, 0.5) is 5.69 Å². The molecule has 0 bridgehead atoms. The van der Waals surface area contributed by atoms with E-state index in [1.165, 1.54) is 0 Å². The molecule has 0 radical (unpaired) electrons. The van der Waals surface area contributed by atoms with Gasteiger partial charge in [-0.05, 0) is 49.7 Å². The Morgan fingerprint density at radius 2 is 1.95 bits per heavy atom. The van der Waals surface area contributed by atoms with E-state index in [-0.39, 0.29) is 17.8 Å². The van der Waals surface area contributed by atoms with Gasteiger partial charge in [0.1, 0.15) is 5.75 Å². The van der Waals surface area contributed by atoms with Crippen molar-refractivity contribution in [3.63, 3.8) is 0 Å². The second-order valence-electron chi connectivity index (χ2n) is 4.76. The fourth-order valence-corrected chi connectivity index (χ4v) is 2.05. The van der Waals surface area contributed by atoms with Gasteiger partial charge in [0.05, 0.1) is 12.2 Å². The van der Waals surface area contributed by atoms with Crippen molar-refractivity contribution in [2.24, 2.45) is 0 Å². The van der Waals surface area contributed by atoms with E-state index in [0.717, 1.165) is 11.3 Å². The van der Waals surface area contributed by atoms with Gasteiger partial charge in [0, 0.05) is 11.7 Å². The lowest BCUT2D eigenvalue weighted by Crippen LogP contribution is -2.08. The molecule has 4 heteroatoms. The van der Waals surface area contributed by atoms with Gasteiger partial charge in [0.2, 0.25) is 0 Å². The highest BCUT2D eigenvalue weighted by Crippen LogP contribution is 2.22. The third kappa shape index (κ3) is 3.99. The maximum Gasteiger partial charge on any atom is 0.338 e. The van der Waals surface area contributed by atoms with E-state index in [2.05, 4.69) is 5.32 Å². The van der Waals surface area contributed by atoms with Crippen LogP contribution in [0.15, 0.2) is 48.5 Å². The third-order valence-corrected chi connectivity index (χ3v) is 3.15. The van der Waals surface area contributed by atoms with Gasteiger partial charge in [-0.2, -0.15) is 0 Å². The molecule has 0 aliphatic rings. The Labute approximate surface area is 124 Å². The van der Waals surface area contributed by atoms with E-state index in [1.54, 1.807) is 31.2 Å². The largest absolute Gasteiger partial charge is 0.508 e. The van der Waals surface area contributed by atoms with Crippen LogP contribution in [0.25, 0.3) is 0 Å². The summed E-state index contributed by atoms with van der Waals surface area (Å²) in [7, 11) is 0. The lowest BCUT2D eigenvalue weighted by Gasteiger charge is -2.16. The first-order valence-corrected chi connectivity index (χ1v) is 6.93. The summed E-state index contributed by atoms with van der Waals surface area (Å²) in [4.78, 5) is 11.7. The molecule has 0 spiro atoms. The fraction of sp³-hybridized carbons (Fsp3) is 0.235. The molecule has 2 aromatic rings. The first-order valence-electron chi connectivity index (χ1n) is 6.93. The number of esters is 1. The second kappa shape index (κ2) is 6.79. The van der Waals surface area contributed by atoms with E-state index < -0.39 is 0 Å². The molecule has 2 aromatic carbocycles. The molecule has 21 heavy (non-hydrogen) atoms. The number of aromatic hydroxyl groups is 1. The minimum absolute atomic E-state index is 0.0584. The highest BCUT2D eigenvalue weighted by Gasteiger charge is 2.09. The predicted octanol–water partition coefficient (Wildman–Crippen LogP) is 3.74. The van der Waals surface area contributed by atoms with Crippen LogP contribution in [0.1, 0.15) is 35.8 Å². The van der Waals surface area contributed by atoms with Crippen LogP contribution in [0, 0.1) is 0 Å². The minimum Gasteiger partial charge on any atom is -0.508 e. The van der Waals surface area contributed by atoms with Crippen molar-refractivity contribution in [1.29, 1.82) is 0 Å². The van der Waals surface area contributed by atoms with Gasteiger partial charge in [0.25, 0.3) is 0 Å². The summed E-state index contributed by atoms with van der Waals surface area (Å²) in [6.07, 6.45) is 0. The Balaban J connectivity index is 2.10. The fourth-order valence-electron chi connectivity index (χ4n) is 2.05. The van der Waals surface area contributed by atoms with Crippen molar-refractivity contribution < 1.29 is 14.6 Å². The van der Waals surface area contributed by atoms with Gasteiger partial charge >= 0.3 is 5.97 Å². The van der Waals surface area contributed by atoms with Crippen molar-refractivity contribution >= 4 is 11.7 Å². The molecular formula is C17H19NO3. The van der Waals surface area contributed by atoms with Crippen molar-refractivity contribution in [2.75, 3.05) is 11.9 Å². The number of phenols is 1. The number of ether oxygens (including phenoxy) is 1. The zero-order valence-electron chi connectivity index (χ0n) is 12.2. The van der Waals surface area contributed by atoms with Gasteiger partial charge in [-0.25, -0.2) is 4.79 Å². The SMILES string of the molecule is CCOC(=O)c1cccc(NC(C)c2ccc(O)cc2)c1. The number of carbonyl (C=O) groups is 1. The summed E-state index contributed by atoms with van der Waals surface area (Å²) in [5.74, 6) is -0.0753. The van der Waals surface area contributed by atoms with Crippen LogP contribution in [-0.4, -0.2) is 17.7 Å². The summed E-state index contributed by atoms with van der Waals surface area (Å²) in [6.45, 7) is 4.16. The molecule has 0 aromatic heterocycles. The van der Waals surface area contributed by atoms with Crippen molar-refractivity contribution in [3.8, 4) is 5.75 Å². The maximum absolute atomic E-state index is 11.7. The highest BCUT2D eigenvalue weighted by atomic mass is 16.5. The topological polar surface area (TPSA) is 58.6 Å². The summed E-state index contributed by atoms with van der Waals surface area (Å²) in [6, 6.07) is 14.3. The van der Waals surface area contributed by atoms with Gasteiger partial charge in [-0.15, -0.1) is 0 Å². The van der Waals surface area contributed by atoms with Crippen LogP contribution in [0.2, 0.25) is 0 Å². The Kier molecular flexibility index (Phi) is 4.82. The maximum atomic E-state index is 11.7. The monoisotopic (exact) mass is 285 g/mol. The number of anilines is 1. The highest BCUT2D eigenvalue weighted by molar-refractivity contribution is 5.90. The van der Waals surface area contributed by atoms with Crippen LogP contribution in [0.5, 0.6) is 5.75 Å². The molecule has 2 rings (SSSR count). The molecule has 0 saturated carbocycles. The number of nitrogens with one attached hydrogen (secondary N) is 1. The molecule has 0 aliphatic heterocycles. The van der Waals surface area contributed by atoms with Crippen molar-refractivity contribution in [2.45, 2.75) is 19.9 Å². The normalized spacial score (nSPS) is 11.7. The van der Waals surface area contributed by atoms with E-state index in [4.69, 9.17) is 4.74 Å². The first kappa shape index (κ1) is 14.9. The first-order chi connectivity index (χ1) is 10.1. The van der Waals surface area contributed by atoms with Gasteiger partial charge in [-0.1, -0.05) is 18.2 Å². The Bertz CT molecular complexity index is 608. The smallest absolute Gasteiger partial charge is 0.338 e. The molecule has 110 valence electrons. The van der Waals surface area contributed by atoms with Crippen LogP contribution in [0.3, 0.4) is 0 Å². The van der Waals surface area contributed by atoms with Gasteiger partial charge < -0.3 is 15.2 Å². The second-order valence-corrected chi connectivity index (χ2v) is 4.76. The van der Waals surface area contributed by atoms with E-state index in [1.807, 2.05) is 31.2 Å². The Morgan fingerprint density at radius 3 is 2.62 bits per heavy atom. The van der Waals surface area contributed by atoms with Crippen molar-refractivity contribution in [3.05, 3.63) is 59.7 Å². The molecule has 0 saturated heterocycles. The molecule has 1 atom stereocenters. The van der Waals surface area contributed by atoms with E-state index >= 15 is 0 Å². The lowest BCUT2D eigenvalue weighted by molar-refractivity contribution is 0.0526. The summed E-state index contributed by atoms with van der Waals surface area (Å²) >= 11 is 0. The lowest BCUT2D eigenvalue weighted by atomic mass is 10.1. The zero-order valence-corrected chi connectivity index (χ0v) is 12.2. The van der Waals surface area contributed by atoms with Gasteiger partial charge in [0.15, 0.2) is 0 Å². The number of carbonyl (C=O) groups excluding carboxylic acids is 1. The molecule has 0 heterocycles. The average molecular weight is 285 g/mol. The molecule has 4 nitrogen and oxygen atoms in total. The third-order valence-electron chi connectivity index (χ3n) is 3.15. The number of benzene rings is 2. The molecule has 0 amide bonds. The summed E-state index contributed by atoms with van der Waals surface area (Å²) in [5.41, 5.74) is 2.43. The Hall–Kier alpha value is -2.49. The number of hydrogen-bond acceptors (Lipinski definition) is 4.